The van der Waals surface area contributed by atoms with E-state index in [0.29, 0.717) is 0 Å². The normalized spacial score (nSPS) is 27.0. The summed E-state index contributed by atoms with van der Waals surface area (Å²) in [7, 11) is 0. The zero-order valence-corrected chi connectivity index (χ0v) is 10.2. The van der Waals surface area contributed by atoms with Crippen molar-refractivity contribution in [3.63, 3.8) is 0 Å². The van der Waals surface area contributed by atoms with Crippen LogP contribution in [0.25, 0.3) is 0 Å². The van der Waals surface area contributed by atoms with Crippen molar-refractivity contribution >= 4 is 0 Å². The molecule has 0 aromatic carbocycles. The van der Waals surface area contributed by atoms with Crippen molar-refractivity contribution in [2.45, 2.75) is 78.1 Å². The predicted molar refractivity (Wildman–Crippen MR) is 64.5 cm³/mol. The maximum Gasteiger partial charge on any atom is -0.0386 e. The third kappa shape index (κ3) is 4.02. The molecule has 1 aliphatic carbocycles. The van der Waals surface area contributed by atoms with Gasteiger partial charge in [-0.05, 0) is 11.8 Å². The Kier molecular flexibility index (Phi) is 6.31. The minimum atomic E-state index is 1.08. The van der Waals surface area contributed by atoms with Gasteiger partial charge in [0, 0.05) is 0 Å². The summed E-state index contributed by atoms with van der Waals surface area (Å²) in [5, 5.41) is 0. The fourth-order valence-corrected chi connectivity index (χ4v) is 3.04. The summed E-state index contributed by atoms with van der Waals surface area (Å²) in [5.74, 6) is 2.18. The van der Waals surface area contributed by atoms with Crippen molar-refractivity contribution in [2.75, 3.05) is 0 Å². The van der Waals surface area contributed by atoms with Gasteiger partial charge in [-0.2, -0.15) is 0 Å². The molecule has 0 aromatic rings. The molecule has 1 aliphatic rings. The first-order valence-corrected chi connectivity index (χ1v) is 6.88. The smallest absolute Gasteiger partial charge is 0.0386 e. The molecule has 0 amide bonds. The van der Waals surface area contributed by atoms with E-state index in [4.69, 9.17) is 0 Å². The van der Waals surface area contributed by atoms with Crippen LogP contribution >= 0.6 is 0 Å². The highest BCUT2D eigenvalue weighted by Crippen LogP contribution is 2.37. The third-order valence-corrected chi connectivity index (χ3v) is 4.02. The van der Waals surface area contributed by atoms with E-state index < -0.39 is 0 Å². The highest BCUT2D eigenvalue weighted by atomic mass is 14.3. The molecule has 0 heterocycles. The minimum absolute atomic E-state index is 1.08. The topological polar surface area (TPSA) is 0 Å². The molecule has 0 aliphatic heterocycles. The second-order valence-electron chi connectivity index (χ2n) is 5.06. The van der Waals surface area contributed by atoms with Crippen LogP contribution in [-0.4, -0.2) is 0 Å². The third-order valence-electron chi connectivity index (χ3n) is 4.02. The lowest BCUT2D eigenvalue weighted by Crippen LogP contribution is -2.06. The molecule has 0 spiro atoms. The first-order valence-electron chi connectivity index (χ1n) is 6.88. The van der Waals surface area contributed by atoms with Crippen molar-refractivity contribution in [3.05, 3.63) is 0 Å². The van der Waals surface area contributed by atoms with Crippen molar-refractivity contribution in [2.24, 2.45) is 11.8 Å². The lowest BCUT2D eigenvalue weighted by Gasteiger charge is -2.17. The average molecular weight is 196 g/mol. The highest BCUT2D eigenvalue weighted by molar-refractivity contribution is 4.76. The molecule has 2 unspecified atom stereocenters. The van der Waals surface area contributed by atoms with Crippen LogP contribution in [0, 0.1) is 11.8 Å². The molecule has 2 atom stereocenters. The molecule has 84 valence electrons. The minimum Gasteiger partial charge on any atom is -0.0654 e. The fraction of sp³-hybridized carbons (Fsp3) is 1.00. The van der Waals surface area contributed by atoms with Crippen LogP contribution in [0.5, 0.6) is 0 Å². The molecule has 1 rings (SSSR count). The molecule has 0 heteroatoms. The zero-order valence-electron chi connectivity index (χ0n) is 10.2. The zero-order chi connectivity index (χ0) is 10.2. The van der Waals surface area contributed by atoms with Gasteiger partial charge < -0.3 is 0 Å². The molecule has 14 heavy (non-hydrogen) atoms. The summed E-state index contributed by atoms with van der Waals surface area (Å²) in [6.07, 6.45) is 14.8. The first kappa shape index (κ1) is 12.1. The van der Waals surface area contributed by atoms with Gasteiger partial charge in [-0.15, -0.1) is 0 Å². The molecule has 1 fully saturated rings. The number of hydrogen-bond donors (Lipinski definition) is 0. The van der Waals surface area contributed by atoms with Crippen LogP contribution in [0.3, 0.4) is 0 Å². The van der Waals surface area contributed by atoms with Crippen LogP contribution in [0.1, 0.15) is 78.1 Å². The Morgan fingerprint density at radius 3 is 2.29 bits per heavy atom. The van der Waals surface area contributed by atoms with E-state index in [9.17, 15) is 0 Å². The van der Waals surface area contributed by atoms with E-state index >= 15 is 0 Å². The first-order chi connectivity index (χ1) is 6.88. The largest absolute Gasteiger partial charge is 0.0654 e. The summed E-state index contributed by atoms with van der Waals surface area (Å²) >= 11 is 0. The quantitative estimate of drug-likeness (QED) is 0.493. The fourth-order valence-electron chi connectivity index (χ4n) is 3.04. The van der Waals surface area contributed by atoms with Crippen molar-refractivity contribution < 1.29 is 0 Å². The maximum atomic E-state index is 2.38. The van der Waals surface area contributed by atoms with Gasteiger partial charge in [0.25, 0.3) is 0 Å². The lowest BCUT2D eigenvalue weighted by atomic mass is 9.89. The van der Waals surface area contributed by atoms with Crippen LogP contribution in [-0.2, 0) is 0 Å². The average Bonchev–Trinajstić information content (AvgIpc) is 2.65. The van der Waals surface area contributed by atoms with E-state index in [1.807, 2.05) is 0 Å². The standard InChI is InChI=1S/C14H28/c1-3-5-6-7-8-10-14-12-9-11-13(14)4-2/h13-14H,3-12H2,1-2H3. The van der Waals surface area contributed by atoms with Crippen molar-refractivity contribution in [1.82, 2.24) is 0 Å². The van der Waals surface area contributed by atoms with Crippen LogP contribution in [0.2, 0.25) is 0 Å². The van der Waals surface area contributed by atoms with Crippen molar-refractivity contribution in [1.29, 1.82) is 0 Å². The van der Waals surface area contributed by atoms with E-state index in [0.717, 1.165) is 11.8 Å². The molecular formula is C14H28. The molecule has 0 saturated heterocycles. The molecule has 0 bridgehead atoms. The Morgan fingerprint density at radius 2 is 1.57 bits per heavy atom. The van der Waals surface area contributed by atoms with Gasteiger partial charge in [0.05, 0.1) is 0 Å². The monoisotopic (exact) mass is 196 g/mol. The number of unbranched alkanes of at least 4 members (excludes halogenated alkanes) is 4. The van der Waals surface area contributed by atoms with Crippen molar-refractivity contribution in [3.8, 4) is 0 Å². The molecule has 0 aromatic heterocycles. The van der Waals surface area contributed by atoms with Crippen LogP contribution in [0.4, 0.5) is 0 Å². The second-order valence-corrected chi connectivity index (χ2v) is 5.06. The molecular weight excluding hydrogens is 168 g/mol. The second kappa shape index (κ2) is 7.31. The summed E-state index contributed by atoms with van der Waals surface area (Å²) in [4.78, 5) is 0. The van der Waals surface area contributed by atoms with Gasteiger partial charge in [-0.3, -0.25) is 0 Å². The summed E-state index contributed by atoms with van der Waals surface area (Å²) in [6.45, 7) is 4.67. The van der Waals surface area contributed by atoms with E-state index in [1.165, 1.54) is 64.2 Å². The van der Waals surface area contributed by atoms with Crippen LogP contribution < -0.4 is 0 Å². The summed E-state index contributed by atoms with van der Waals surface area (Å²) in [5.41, 5.74) is 0. The maximum absolute atomic E-state index is 2.38. The van der Waals surface area contributed by atoms with Gasteiger partial charge in [0.1, 0.15) is 0 Å². The SMILES string of the molecule is CCCCCCCC1CCCC1CC. The Labute approximate surface area is 90.5 Å². The highest BCUT2D eigenvalue weighted by Gasteiger charge is 2.24. The molecule has 1 saturated carbocycles. The number of rotatable bonds is 7. The van der Waals surface area contributed by atoms with Gasteiger partial charge in [0.2, 0.25) is 0 Å². The molecule has 0 nitrogen and oxygen atoms in total. The summed E-state index contributed by atoms with van der Waals surface area (Å²) in [6, 6.07) is 0. The van der Waals surface area contributed by atoms with E-state index in [2.05, 4.69) is 13.8 Å². The molecule has 0 radical (unpaired) electrons. The molecule has 0 N–H and O–H groups in total. The van der Waals surface area contributed by atoms with Crippen LogP contribution in [0.15, 0.2) is 0 Å². The van der Waals surface area contributed by atoms with Gasteiger partial charge >= 0.3 is 0 Å². The van der Waals surface area contributed by atoms with E-state index in [1.54, 1.807) is 0 Å². The Balaban J connectivity index is 2.00. The lowest BCUT2D eigenvalue weighted by molar-refractivity contribution is 0.342. The number of hydrogen-bond acceptors (Lipinski definition) is 0. The Hall–Kier alpha value is 0. The Morgan fingerprint density at radius 1 is 0.857 bits per heavy atom. The van der Waals surface area contributed by atoms with E-state index in [-0.39, 0.29) is 0 Å². The Bertz CT molecular complexity index is 128. The summed E-state index contributed by atoms with van der Waals surface area (Å²) < 4.78 is 0. The van der Waals surface area contributed by atoms with Gasteiger partial charge in [-0.25, -0.2) is 0 Å². The van der Waals surface area contributed by atoms with Gasteiger partial charge in [0.15, 0.2) is 0 Å². The predicted octanol–water partition coefficient (Wildman–Crippen LogP) is 5.17. The van der Waals surface area contributed by atoms with Gasteiger partial charge in [-0.1, -0.05) is 78.1 Å².